The molecule has 0 saturated carbocycles. The van der Waals surface area contributed by atoms with Gasteiger partial charge in [-0.2, -0.15) is 0 Å². The van der Waals surface area contributed by atoms with Gasteiger partial charge in [-0.3, -0.25) is 4.79 Å². The van der Waals surface area contributed by atoms with Crippen molar-refractivity contribution in [2.24, 2.45) is 0 Å². The van der Waals surface area contributed by atoms with E-state index in [2.05, 4.69) is 10.3 Å². The predicted octanol–water partition coefficient (Wildman–Crippen LogP) is 2.23. The number of hydrogen-bond donors (Lipinski definition) is 1. The Labute approximate surface area is 111 Å². The first-order valence-electron chi connectivity index (χ1n) is 5.95. The third kappa shape index (κ3) is 3.13. The number of aromatic nitrogens is 1. The van der Waals surface area contributed by atoms with E-state index in [1.54, 1.807) is 31.4 Å². The van der Waals surface area contributed by atoms with Gasteiger partial charge in [0.2, 0.25) is 5.89 Å². The average molecular weight is 260 g/mol. The first-order chi connectivity index (χ1) is 9.10. The molecular formula is C14H16N2O3. The fraction of sp³-hybridized carbons (Fsp3) is 0.286. The maximum Gasteiger partial charge on any atom is 0.251 e. The maximum absolute atomic E-state index is 11.9. The Bertz CT molecular complexity index is 571. The highest BCUT2D eigenvalue weighted by molar-refractivity contribution is 5.94. The summed E-state index contributed by atoms with van der Waals surface area (Å²) in [7, 11) is 1.56. The molecule has 0 aliphatic carbocycles. The van der Waals surface area contributed by atoms with Crippen LogP contribution in [-0.2, 0) is 6.54 Å². The lowest BCUT2D eigenvalue weighted by Gasteiger charge is -2.04. The van der Waals surface area contributed by atoms with Crippen molar-refractivity contribution in [3.05, 3.63) is 47.2 Å². The molecule has 0 radical (unpaired) electrons. The van der Waals surface area contributed by atoms with Gasteiger partial charge in [-0.05, 0) is 32.0 Å². The number of ether oxygens (including phenoxy) is 1. The fourth-order valence-corrected chi connectivity index (χ4v) is 1.64. The molecule has 2 aromatic rings. The van der Waals surface area contributed by atoms with Gasteiger partial charge in [0.05, 0.1) is 19.3 Å². The van der Waals surface area contributed by atoms with Crippen molar-refractivity contribution in [3.8, 4) is 5.75 Å². The van der Waals surface area contributed by atoms with E-state index < -0.39 is 0 Å². The van der Waals surface area contributed by atoms with Crippen molar-refractivity contribution in [2.75, 3.05) is 7.11 Å². The third-order valence-electron chi connectivity index (χ3n) is 2.80. The van der Waals surface area contributed by atoms with Crippen LogP contribution in [0.1, 0.15) is 27.7 Å². The van der Waals surface area contributed by atoms with E-state index >= 15 is 0 Å². The summed E-state index contributed by atoms with van der Waals surface area (Å²) in [6, 6.07) is 6.97. The van der Waals surface area contributed by atoms with Crippen LogP contribution >= 0.6 is 0 Å². The zero-order valence-electron chi connectivity index (χ0n) is 11.2. The Hall–Kier alpha value is -2.30. The SMILES string of the molecule is COc1cccc(C(=O)NCc2nc(C)c(C)o2)c1. The number of benzene rings is 1. The van der Waals surface area contributed by atoms with E-state index in [1.165, 1.54) is 0 Å². The lowest BCUT2D eigenvalue weighted by molar-refractivity contribution is 0.0946. The lowest BCUT2D eigenvalue weighted by atomic mass is 10.2. The van der Waals surface area contributed by atoms with Gasteiger partial charge in [-0.25, -0.2) is 4.98 Å². The zero-order chi connectivity index (χ0) is 13.8. The van der Waals surface area contributed by atoms with Gasteiger partial charge in [0.25, 0.3) is 5.91 Å². The number of hydrogen-bond acceptors (Lipinski definition) is 4. The van der Waals surface area contributed by atoms with E-state index in [-0.39, 0.29) is 12.5 Å². The standard InChI is InChI=1S/C14H16N2O3/c1-9-10(2)19-13(16-9)8-15-14(17)11-5-4-6-12(7-11)18-3/h4-7H,8H2,1-3H3,(H,15,17). The number of nitrogens with zero attached hydrogens (tertiary/aromatic N) is 1. The Morgan fingerprint density at radius 3 is 2.84 bits per heavy atom. The van der Waals surface area contributed by atoms with Gasteiger partial charge in [0.1, 0.15) is 11.5 Å². The van der Waals surface area contributed by atoms with Crippen molar-refractivity contribution in [2.45, 2.75) is 20.4 Å². The maximum atomic E-state index is 11.9. The predicted molar refractivity (Wildman–Crippen MR) is 70.1 cm³/mol. The molecule has 1 aromatic heterocycles. The topological polar surface area (TPSA) is 64.4 Å². The molecule has 1 amide bonds. The van der Waals surface area contributed by atoms with E-state index in [1.807, 2.05) is 13.8 Å². The first-order valence-corrected chi connectivity index (χ1v) is 5.95. The number of amides is 1. The Balaban J connectivity index is 2.00. The summed E-state index contributed by atoms with van der Waals surface area (Å²) >= 11 is 0. The molecule has 0 aliphatic heterocycles. The molecule has 1 heterocycles. The van der Waals surface area contributed by atoms with Crippen LogP contribution in [0.2, 0.25) is 0 Å². The summed E-state index contributed by atoms with van der Waals surface area (Å²) in [4.78, 5) is 16.1. The van der Waals surface area contributed by atoms with Crippen molar-refractivity contribution >= 4 is 5.91 Å². The van der Waals surface area contributed by atoms with Crippen LogP contribution in [0.15, 0.2) is 28.7 Å². The molecule has 0 bridgehead atoms. The molecule has 0 spiro atoms. The molecule has 5 nitrogen and oxygen atoms in total. The molecule has 0 atom stereocenters. The van der Waals surface area contributed by atoms with Crippen LogP contribution < -0.4 is 10.1 Å². The van der Waals surface area contributed by atoms with Crippen LogP contribution in [-0.4, -0.2) is 18.0 Å². The number of carbonyl (C=O) groups excluding carboxylic acids is 1. The Morgan fingerprint density at radius 1 is 1.42 bits per heavy atom. The smallest absolute Gasteiger partial charge is 0.251 e. The molecule has 1 N–H and O–H groups in total. The van der Waals surface area contributed by atoms with Crippen molar-refractivity contribution < 1.29 is 13.9 Å². The van der Waals surface area contributed by atoms with Gasteiger partial charge in [0.15, 0.2) is 0 Å². The molecule has 0 fully saturated rings. The molecule has 100 valence electrons. The van der Waals surface area contributed by atoms with Gasteiger partial charge in [0, 0.05) is 5.56 Å². The Morgan fingerprint density at radius 2 is 2.21 bits per heavy atom. The molecule has 1 aromatic carbocycles. The van der Waals surface area contributed by atoms with E-state index in [0.29, 0.717) is 17.2 Å². The lowest BCUT2D eigenvalue weighted by Crippen LogP contribution is -2.22. The van der Waals surface area contributed by atoms with Gasteiger partial charge < -0.3 is 14.5 Å². The number of carbonyl (C=O) groups is 1. The van der Waals surface area contributed by atoms with Gasteiger partial charge in [-0.15, -0.1) is 0 Å². The van der Waals surface area contributed by atoms with Crippen molar-refractivity contribution in [3.63, 3.8) is 0 Å². The minimum Gasteiger partial charge on any atom is -0.497 e. The van der Waals surface area contributed by atoms with Crippen molar-refractivity contribution in [1.82, 2.24) is 10.3 Å². The zero-order valence-corrected chi connectivity index (χ0v) is 11.2. The molecule has 19 heavy (non-hydrogen) atoms. The molecule has 0 unspecified atom stereocenters. The average Bonchev–Trinajstić information content (AvgIpc) is 2.75. The largest absolute Gasteiger partial charge is 0.497 e. The van der Waals surface area contributed by atoms with Crippen LogP contribution in [0.25, 0.3) is 0 Å². The second-order valence-corrected chi connectivity index (χ2v) is 4.16. The molecule has 0 aliphatic rings. The minimum absolute atomic E-state index is 0.188. The summed E-state index contributed by atoms with van der Waals surface area (Å²) in [6.45, 7) is 3.98. The second-order valence-electron chi connectivity index (χ2n) is 4.16. The number of oxazole rings is 1. The highest BCUT2D eigenvalue weighted by Crippen LogP contribution is 2.13. The fourth-order valence-electron chi connectivity index (χ4n) is 1.64. The quantitative estimate of drug-likeness (QED) is 0.915. The highest BCUT2D eigenvalue weighted by Gasteiger charge is 2.09. The summed E-state index contributed by atoms with van der Waals surface area (Å²) in [5.41, 5.74) is 1.38. The summed E-state index contributed by atoms with van der Waals surface area (Å²) in [5.74, 6) is 1.74. The van der Waals surface area contributed by atoms with Crippen LogP contribution in [0.3, 0.4) is 0 Å². The minimum atomic E-state index is -0.188. The van der Waals surface area contributed by atoms with Crippen LogP contribution in [0.5, 0.6) is 5.75 Å². The number of nitrogens with one attached hydrogen (secondary N) is 1. The van der Waals surface area contributed by atoms with E-state index in [9.17, 15) is 4.79 Å². The van der Waals surface area contributed by atoms with E-state index in [0.717, 1.165) is 11.5 Å². The normalized spacial score (nSPS) is 10.3. The third-order valence-corrected chi connectivity index (χ3v) is 2.80. The summed E-state index contributed by atoms with van der Waals surface area (Å²) in [5, 5.41) is 2.76. The van der Waals surface area contributed by atoms with Crippen LogP contribution in [0, 0.1) is 13.8 Å². The number of aryl methyl sites for hydroxylation is 2. The summed E-state index contributed by atoms with van der Waals surface area (Å²) < 4.78 is 10.5. The van der Waals surface area contributed by atoms with Crippen molar-refractivity contribution in [1.29, 1.82) is 0 Å². The Kier molecular flexibility index (Phi) is 3.85. The second kappa shape index (κ2) is 5.56. The molecule has 0 saturated heterocycles. The number of rotatable bonds is 4. The first kappa shape index (κ1) is 13.1. The van der Waals surface area contributed by atoms with Crippen LogP contribution in [0.4, 0.5) is 0 Å². The van der Waals surface area contributed by atoms with E-state index in [4.69, 9.17) is 9.15 Å². The molecule has 5 heteroatoms. The molecule has 2 rings (SSSR count). The number of methoxy groups -OCH3 is 1. The summed E-state index contributed by atoms with van der Waals surface area (Å²) in [6.07, 6.45) is 0. The highest BCUT2D eigenvalue weighted by atomic mass is 16.5. The van der Waals surface area contributed by atoms with Gasteiger partial charge >= 0.3 is 0 Å². The monoisotopic (exact) mass is 260 g/mol. The van der Waals surface area contributed by atoms with Gasteiger partial charge in [-0.1, -0.05) is 6.07 Å². The molecular weight excluding hydrogens is 244 g/mol.